The van der Waals surface area contributed by atoms with E-state index in [2.05, 4.69) is 9.55 Å². The van der Waals surface area contributed by atoms with E-state index < -0.39 is 0 Å². The Morgan fingerprint density at radius 1 is 0.963 bits per heavy atom. The van der Waals surface area contributed by atoms with Gasteiger partial charge in [-0.25, -0.2) is 13.8 Å². The Balaban J connectivity index is 1.83. The summed E-state index contributed by atoms with van der Waals surface area (Å²) >= 11 is 0. The molecule has 0 atom stereocenters. The van der Waals surface area contributed by atoms with Gasteiger partial charge in [0.05, 0.1) is 0 Å². The van der Waals surface area contributed by atoms with E-state index in [4.69, 9.17) is 4.74 Å². The third kappa shape index (κ3) is 3.28. The predicted molar refractivity (Wildman–Crippen MR) is 101 cm³/mol. The van der Waals surface area contributed by atoms with Crippen LogP contribution in [0.3, 0.4) is 0 Å². The number of aryl methyl sites for hydroxylation is 1. The number of aromatic nitrogens is 2. The summed E-state index contributed by atoms with van der Waals surface area (Å²) in [6, 6.07) is 14.3. The van der Waals surface area contributed by atoms with Gasteiger partial charge in [-0.15, -0.1) is 0 Å². The van der Waals surface area contributed by atoms with E-state index in [1.807, 2.05) is 26.0 Å². The number of halogens is 2. The van der Waals surface area contributed by atoms with E-state index in [1.54, 1.807) is 24.4 Å². The SMILES string of the molecule is Cc1c(C)n(Cc2cccc(F)c2)c2c(Oc3ccc(F)cc3)nccc12. The number of nitrogens with zero attached hydrogens (tertiary/aromatic N) is 2. The molecule has 0 saturated carbocycles. The zero-order chi connectivity index (χ0) is 19.0. The third-order valence-corrected chi connectivity index (χ3v) is 4.77. The van der Waals surface area contributed by atoms with Crippen LogP contribution in [0.15, 0.2) is 60.8 Å². The van der Waals surface area contributed by atoms with Crippen molar-refractivity contribution in [3.05, 3.63) is 89.2 Å². The summed E-state index contributed by atoms with van der Waals surface area (Å²) in [4.78, 5) is 4.39. The zero-order valence-corrected chi connectivity index (χ0v) is 15.0. The maximum absolute atomic E-state index is 13.6. The van der Waals surface area contributed by atoms with Crippen LogP contribution >= 0.6 is 0 Å². The molecule has 4 rings (SSSR count). The normalized spacial score (nSPS) is 11.1. The topological polar surface area (TPSA) is 27.1 Å². The highest BCUT2D eigenvalue weighted by atomic mass is 19.1. The van der Waals surface area contributed by atoms with Crippen molar-refractivity contribution < 1.29 is 13.5 Å². The zero-order valence-electron chi connectivity index (χ0n) is 15.0. The quantitative estimate of drug-likeness (QED) is 0.459. The van der Waals surface area contributed by atoms with Gasteiger partial charge < -0.3 is 9.30 Å². The largest absolute Gasteiger partial charge is 0.437 e. The molecule has 0 bridgehead atoms. The fraction of sp³-hybridized carbons (Fsp3) is 0.136. The fourth-order valence-corrected chi connectivity index (χ4v) is 3.27. The van der Waals surface area contributed by atoms with Crippen molar-refractivity contribution in [2.45, 2.75) is 20.4 Å². The molecule has 2 aromatic carbocycles. The first-order valence-corrected chi connectivity index (χ1v) is 8.65. The summed E-state index contributed by atoms with van der Waals surface area (Å²) in [5.41, 5.74) is 3.87. The number of rotatable bonds is 4. The molecule has 0 spiro atoms. The minimum Gasteiger partial charge on any atom is -0.437 e. The van der Waals surface area contributed by atoms with Crippen LogP contribution in [0.25, 0.3) is 10.9 Å². The van der Waals surface area contributed by atoms with Crippen molar-refractivity contribution in [1.29, 1.82) is 0 Å². The molecule has 0 radical (unpaired) electrons. The van der Waals surface area contributed by atoms with E-state index in [9.17, 15) is 8.78 Å². The summed E-state index contributed by atoms with van der Waals surface area (Å²) in [6.07, 6.45) is 1.69. The predicted octanol–water partition coefficient (Wildman–Crippen LogP) is 5.77. The average molecular weight is 364 g/mol. The van der Waals surface area contributed by atoms with Crippen LogP contribution in [0, 0.1) is 25.5 Å². The van der Waals surface area contributed by atoms with Gasteiger partial charge in [0, 0.05) is 23.8 Å². The Bertz CT molecular complexity index is 1120. The van der Waals surface area contributed by atoms with E-state index in [1.165, 1.54) is 24.3 Å². The summed E-state index contributed by atoms with van der Waals surface area (Å²) in [7, 11) is 0. The molecule has 0 aliphatic carbocycles. The van der Waals surface area contributed by atoms with Crippen molar-refractivity contribution in [3.63, 3.8) is 0 Å². The maximum Gasteiger partial charge on any atom is 0.244 e. The number of hydrogen-bond acceptors (Lipinski definition) is 2. The lowest BCUT2D eigenvalue weighted by Gasteiger charge is -2.12. The molecular weight excluding hydrogens is 346 g/mol. The minimum absolute atomic E-state index is 0.265. The van der Waals surface area contributed by atoms with Gasteiger partial charge in [-0.3, -0.25) is 0 Å². The van der Waals surface area contributed by atoms with Crippen molar-refractivity contribution in [2.75, 3.05) is 0 Å². The second kappa shape index (κ2) is 6.83. The smallest absolute Gasteiger partial charge is 0.244 e. The lowest BCUT2D eigenvalue weighted by molar-refractivity contribution is 0.464. The van der Waals surface area contributed by atoms with Gasteiger partial charge in [0.15, 0.2) is 0 Å². The Kier molecular flexibility index (Phi) is 4.36. The van der Waals surface area contributed by atoms with E-state index in [0.29, 0.717) is 18.2 Å². The van der Waals surface area contributed by atoms with Crippen molar-refractivity contribution >= 4 is 10.9 Å². The van der Waals surface area contributed by atoms with E-state index >= 15 is 0 Å². The Labute approximate surface area is 155 Å². The molecule has 27 heavy (non-hydrogen) atoms. The summed E-state index contributed by atoms with van der Waals surface area (Å²) < 4.78 is 34.8. The van der Waals surface area contributed by atoms with Gasteiger partial charge in [-0.1, -0.05) is 12.1 Å². The molecule has 0 fully saturated rings. The molecule has 0 aliphatic heterocycles. The third-order valence-electron chi connectivity index (χ3n) is 4.77. The number of ether oxygens (including phenoxy) is 1. The number of hydrogen-bond donors (Lipinski definition) is 0. The van der Waals surface area contributed by atoms with Gasteiger partial charge in [0.1, 0.15) is 22.9 Å². The van der Waals surface area contributed by atoms with Gasteiger partial charge in [-0.2, -0.15) is 0 Å². The van der Waals surface area contributed by atoms with Crippen LogP contribution in [0.1, 0.15) is 16.8 Å². The first-order valence-electron chi connectivity index (χ1n) is 8.65. The molecule has 0 aliphatic rings. The van der Waals surface area contributed by atoms with Crippen LogP contribution in [0.2, 0.25) is 0 Å². The first-order chi connectivity index (χ1) is 13.0. The number of fused-ring (bicyclic) bond motifs is 1. The highest BCUT2D eigenvalue weighted by molar-refractivity contribution is 5.89. The van der Waals surface area contributed by atoms with Crippen LogP contribution in [0.5, 0.6) is 11.6 Å². The molecular formula is C22H18F2N2O. The van der Waals surface area contributed by atoms with Gasteiger partial charge in [-0.05, 0) is 67.4 Å². The van der Waals surface area contributed by atoms with Crippen LogP contribution in [0.4, 0.5) is 8.78 Å². The van der Waals surface area contributed by atoms with Crippen LogP contribution < -0.4 is 4.74 Å². The Morgan fingerprint density at radius 3 is 2.48 bits per heavy atom. The fourth-order valence-electron chi connectivity index (χ4n) is 3.27. The molecule has 2 heterocycles. The molecule has 5 heteroatoms. The van der Waals surface area contributed by atoms with Crippen molar-refractivity contribution in [3.8, 4) is 11.6 Å². The summed E-state index contributed by atoms with van der Waals surface area (Å²) in [6.45, 7) is 4.57. The summed E-state index contributed by atoms with van der Waals surface area (Å²) in [5, 5.41) is 1.02. The molecule has 0 N–H and O–H groups in total. The number of pyridine rings is 1. The van der Waals surface area contributed by atoms with Crippen molar-refractivity contribution in [1.82, 2.24) is 9.55 Å². The van der Waals surface area contributed by atoms with Gasteiger partial charge >= 0.3 is 0 Å². The highest BCUT2D eigenvalue weighted by Gasteiger charge is 2.17. The van der Waals surface area contributed by atoms with E-state index in [-0.39, 0.29) is 11.6 Å². The molecule has 0 unspecified atom stereocenters. The Hall–Kier alpha value is -3.21. The molecule has 2 aromatic heterocycles. The van der Waals surface area contributed by atoms with Crippen molar-refractivity contribution in [2.24, 2.45) is 0 Å². The monoisotopic (exact) mass is 364 g/mol. The number of benzene rings is 2. The molecule has 4 aromatic rings. The lowest BCUT2D eigenvalue weighted by Crippen LogP contribution is -2.04. The lowest BCUT2D eigenvalue weighted by atomic mass is 10.2. The van der Waals surface area contributed by atoms with Gasteiger partial charge in [0.2, 0.25) is 5.88 Å². The summed E-state index contributed by atoms with van der Waals surface area (Å²) in [5.74, 6) is 0.353. The second-order valence-corrected chi connectivity index (χ2v) is 6.49. The standard InChI is InChI=1S/C22H18F2N2O/c1-14-15(2)26(13-16-4-3-5-18(24)12-16)21-20(14)10-11-25-22(21)27-19-8-6-17(23)7-9-19/h3-12H,13H2,1-2H3. The molecule has 0 saturated heterocycles. The highest BCUT2D eigenvalue weighted by Crippen LogP contribution is 2.33. The Morgan fingerprint density at radius 2 is 1.74 bits per heavy atom. The minimum atomic E-state index is -0.324. The van der Waals surface area contributed by atoms with Crippen LogP contribution in [-0.2, 0) is 6.54 Å². The van der Waals surface area contributed by atoms with Crippen LogP contribution in [-0.4, -0.2) is 9.55 Å². The second-order valence-electron chi connectivity index (χ2n) is 6.49. The molecule has 3 nitrogen and oxygen atoms in total. The van der Waals surface area contributed by atoms with Gasteiger partial charge in [0.25, 0.3) is 0 Å². The molecule has 136 valence electrons. The van der Waals surface area contributed by atoms with E-state index in [0.717, 1.165) is 27.7 Å². The molecule has 0 amide bonds. The average Bonchev–Trinajstić information content (AvgIpc) is 2.90. The first kappa shape index (κ1) is 17.2. The maximum atomic E-state index is 13.6.